The van der Waals surface area contributed by atoms with Crippen LogP contribution in [-0.2, 0) is 9.53 Å². The number of benzene rings is 2. The fraction of sp³-hybridized carbons (Fsp3) is 0.263. The van der Waals surface area contributed by atoms with Crippen molar-refractivity contribution in [3.8, 4) is 11.5 Å². The van der Waals surface area contributed by atoms with Crippen molar-refractivity contribution in [1.82, 2.24) is 0 Å². The summed E-state index contributed by atoms with van der Waals surface area (Å²) in [5, 5.41) is 16.8. The Kier molecular flexibility index (Phi) is 7.96. The Bertz CT molecular complexity index is 965. The van der Waals surface area contributed by atoms with Crippen LogP contribution < -0.4 is 20.1 Å². The zero-order chi connectivity index (χ0) is 22.3. The van der Waals surface area contributed by atoms with Gasteiger partial charge in [0.25, 0.3) is 11.6 Å². The van der Waals surface area contributed by atoms with Gasteiger partial charge in [-0.3, -0.25) is 19.7 Å². The van der Waals surface area contributed by atoms with Crippen LogP contribution in [-0.4, -0.2) is 44.2 Å². The van der Waals surface area contributed by atoms with Crippen molar-refractivity contribution in [1.29, 1.82) is 0 Å². The molecule has 0 atom stereocenters. The van der Waals surface area contributed by atoms with Crippen molar-refractivity contribution < 1.29 is 28.7 Å². The number of hydrogen-bond acceptors (Lipinski definition) is 7. The van der Waals surface area contributed by atoms with E-state index in [-0.39, 0.29) is 46.9 Å². The van der Waals surface area contributed by atoms with E-state index in [1.165, 1.54) is 45.4 Å². The lowest BCUT2D eigenvalue weighted by Crippen LogP contribution is -2.15. The molecule has 0 aliphatic heterocycles. The number of rotatable bonds is 9. The number of ether oxygens (including phenoxy) is 3. The molecule has 2 N–H and O–H groups in total. The van der Waals surface area contributed by atoms with Crippen molar-refractivity contribution in [3.63, 3.8) is 0 Å². The fourth-order valence-corrected chi connectivity index (χ4v) is 2.70. The van der Waals surface area contributed by atoms with E-state index in [1.807, 2.05) is 0 Å². The molecular weight excluding hydrogens is 418 g/mol. The highest BCUT2D eigenvalue weighted by Crippen LogP contribution is 2.35. The van der Waals surface area contributed by atoms with Gasteiger partial charge in [-0.05, 0) is 18.2 Å². The third kappa shape index (κ3) is 5.82. The number of carbonyl (C=O) groups excluding carboxylic acids is 2. The minimum Gasteiger partial charge on any atom is -0.493 e. The van der Waals surface area contributed by atoms with E-state index in [4.69, 9.17) is 25.8 Å². The third-order valence-corrected chi connectivity index (χ3v) is 4.12. The summed E-state index contributed by atoms with van der Waals surface area (Å²) >= 11 is 6.09. The second-order valence-corrected chi connectivity index (χ2v) is 6.36. The van der Waals surface area contributed by atoms with Gasteiger partial charge in [-0.25, -0.2) is 0 Å². The van der Waals surface area contributed by atoms with E-state index >= 15 is 0 Å². The van der Waals surface area contributed by atoms with Crippen LogP contribution in [0.5, 0.6) is 11.5 Å². The Morgan fingerprint density at radius 3 is 2.40 bits per heavy atom. The number of nitrogens with one attached hydrogen (secondary N) is 2. The number of nitro groups is 1. The van der Waals surface area contributed by atoms with E-state index in [2.05, 4.69) is 10.6 Å². The number of carbonyl (C=O) groups is 2. The van der Waals surface area contributed by atoms with Crippen molar-refractivity contribution >= 4 is 40.5 Å². The number of halogens is 1. The summed E-state index contributed by atoms with van der Waals surface area (Å²) < 4.78 is 15.5. The summed E-state index contributed by atoms with van der Waals surface area (Å²) in [5.74, 6) is -0.780. The van der Waals surface area contributed by atoms with E-state index in [0.29, 0.717) is 5.69 Å². The Morgan fingerprint density at radius 1 is 1.10 bits per heavy atom. The van der Waals surface area contributed by atoms with Gasteiger partial charge >= 0.3 is 0 Å². The molecule has 0 saturated carbocycles. The van der Waals surface area contributed by atoms with Crippen LogP contribution >= 0.6 is 11.6 Å². The lowest BCUT2D eigenvalue weighted by molar-refractivity contribution is -0.385. The molecule has 2 amide bonds. The maximum Gasteiger partial charge on any atom is 0.286 e. The van der Waals surface area contributed by atoms with Crippen LogP contribution in [0.3, 0.4) is 0 Å². The Balaban J connectivity index is 2.32. The minimum atomic E-state index is -0.744. The molecule has 0 fully saturated rings. The standard InChI is InChI=1S/C19H20ClN3O7/c1-11(24)21-15-5-4-12(8-14(15)20)22-19(25)13-9-17(29-3)18(30-7-6-28-2)10-16(13)23(26)27/h4-5,8-10H,6-7H2,1-3H3,(H,21,24)(H,22,25). The van der Waals surface area contributed by atoms with Crippen LogP contribution in [0.4, 0.5) is 17.1 Å². The molecule has 0 aliphatic carbocycles. The quantitative estimate of drug-likeness (QED) is 0.349. The first kappa shape index (κ1) is 22.9. The predicted octanol–water partition coefficient (Wildman–Crippen LogP) is 3.49. The number of amides is 2. The Labute approximate surface area is 177 Å². The molecule has 30 heavy (non-hydrogen) atoms. The number of anilines is 2. The Morgan fingerprint density at radius 2 is 1.83 bits per heavy atom. The molecular formula is C19H20ClN3O7. The number of nitrogens with zero attached hydrogens (tertiary/aromatic N) is 1. The SMILES string of the molecule is COCCOc1cc([N+](=O)[O-])c(C(=O)Nc2ccc(NC(C)=O)c(Cl)c2)cc1OC. The molecule has 0 aliphatic rings. The summed E-state index contributed by atoms with van der Waals surface area (Å²) in [6, 6.07) is 6.76. The molecule has 0 aromatic heterocycles. The van der Waals surface area contributed by atoms with Crippen LogP contribution in [0, 0.1) is 10.1 Å². The van der Waals surface area contributed by atoms with Gasteiger partial charge in [0, 0.05) is 25.8 Å². The molecule has 2 aromatic rings. The van der Waals surface area contributed by atoms with E-state index in [1.54, 1.807) is 0 Å². The second kappa shape index (κ2) is 10.4. The van der Waals surface area contributed by atoms with Crippen molar-refractivity contribution in [2.45, 2.75) is 6.92 Å². The summed E-state index contributed by atoms with van der Waals surface area (Å²) in [5.41, 5.74) is -0.0279. The van der Waals surface area contributed by atoms with E-state index in [0.717, 1.165) is 6.07 Å². The highest BCUT2D eigenvalue weighted by atomic mass is 35.5. The second-order valence-electron chi connectivity index (χ2n) is 5.95. The van der Waals surface area contributed by atoms with Crippen LogP contribution in [0.25, 0.3) is 0 Å². The summed E-state index contributed by atoms with van der Waals surface area (Å²) in [6.45, 7) is 1.75. The molecule has 0 spiro atoms. The zero-order valence-corrected chi connectivity index (χ0v) is 17.2. The van der Waals surface area contributed by atoms with Crippen molar-refractivity contribution in [3.05, 3.63) is 51.0 Å². The fourth-order valence-electron chi connectivity index (χ4n) is 2.47. The minimum absolute atomic E-state index is 0.112. The number of methoxy groups -OCH3 is 2. The van der Waals surface area contributed by atoms with Crippen molar-refractivity contribution in [2.75, 3.05) is 38.1 Å². The zero-order valence-electron chi connectivity index (χ0n) is 16.5. The van der Waals surface area contributed by atoms with Crippen LogP contribution in [0.15, 0.2) is 30.3 Å². The summed E-state index contributed by atoms with van der Waals surface area (Å²) in [7, 11) is 2.85. The number of hydrogen-bond donors (Lipinski definition) is 2. The summed E-state index contributed by atoms with van der Waals surface area (Å²) in [4.78, 5) is 34.7. The van der Waals surface area contributed by atoms with Crippen molar-refractivity contribution in [2.24, 2.45) is 0 Å². The maximum absolute atomic E-state index is 12.7. The van der Waals surface area contributed by atoms with Crippen LogP contribution in [0.1, 0.15) is 17.3 Å². The third-order valence-electron chi connectivity index (χ3n) is 3.81. The van der Waals surface area contributed by atoms with Gasteiger partial charge in [0.1, 0.15) is 12.2 Å². The van der Waals surface area contributed by atoms with Gasteiger partial charge in [-0.15, -0.1) is 0 Å². The molecule has 11 heteroatoms. The van der Waals surface area contributed by atoms with Gasteiger partial charge in [-0.1, -0.05) is 11.6 Å². The smallest absolute Gasteiger partial charge is 0.286 e. The Hall–Kier alpha value is -3.37. The molecule has 0 unspecified atom stereocenters. The van der Waals surface area contributed by atoms with Gasteiger partial charge in [0.15, 0.2) is 11.5 Å². The maximum atomic E-state index is 12.7. The van der Waals surface area contributed by atoms with Gasteiger partial charge in [0.05, 0.1) is 35.4 Å². The topological polar surface area (TPSA) is 129 Å². The molecule has 0 bridgehead atoms. The predicted molar refractivity (Wildman–Crippen MR) is 111 cm³/mol. The highest BCUT2D eigenvalue weighted by Gasteiger charge is 2.25. The lowest BCUT2D eigenvalue weighted by Gasteiger charge is -2.13. The molecule has 2 rings (SSSR count). The monoisotopic (exact) mass is 437 g/mol. The average molecular weight is 438 g/mol. The molecule has 10 nitrogen and oxygen atoms in total. The molecule has 0 heterocycles. The van der Waals surface area contributed by atoms with Gasteiger partial charge in [0.2, 0.25) is 5.91 Å². The highest BCUT2D eigenvalue weighted by molar-refractivity contribution is 6.34. The van der Waals surface area contributed by atoms with E-state index < -0.39 is 16.5 Å². The molecule has 2 aromatic carbocycles. The normalized spacial score (nSPS) is 10.3. The first-order valence-electron chi connectivity index (χ1n) is 8.63. The van der Waals surface area contributed by atoms with E-state index in [9.17, 15) is 19.7 Å². The summed E-state index contributed by atoms with van der Waals surface area (Å²) in [6.07, 6.45) is 0. The molecule has 0 saturated heterocycles. The first-order chi connectivity index (χ1) is 14.3. The molecule has 160 valence electrons. The first-order valence-corrected chi connectivity index (χ1v) is 9.01. The van der Waals surface area contributed by atoms with Crippen LogP contribution in [0.2, 0.25) is 5.02 Å². The number of nitro benzene ring substituents is 1. The largest absolute Gasteiger partial charge is 0.493 e. The van der Waals surface area contributed by atoms with Gasteiger partial charge in [-0.2, -0.15) is 0 Å². The molecule has 0 radical (unpaired) electrons. The average Bonchev–Trinajstić information content (AvgIpc) is 2.69. The lowest BCUT2D eigenvalue weighted by atomic mass is 10.1. The van der Waals surface area contributed by atoms with Gasteiger partial charge < -0.3 is 24.8 Å².